The van der Waals surface area contributed by atoms with Crippen LogP contribution in [0.4, 0.5) is 0 Å². The van der Waals surface area contributed by atoms with Crippen molar-refractivity contribution < 1.29 is 4.74 Å². The average molecular weight is 178 g/mol. The van der Waals surface area contributed by atoms with Crippen LogP contribution < -0.4 is 10.5 Å². The first-order valence-corrected chi connectivity index (χ1v) is 3.61. The van der Waals surface area contributed by atoms with Crippen molar-refractivity contribution in [3.63, 3.8) is 0 Å². The number of hydrogen-bond donors (Lipinski definition) is 1. The van der Waals surface area contributed by atoms with E-state index in [-0.39, 0.29) is 5.17 Å². The zero-order valence-corrected chi connectivity index (χ0v) is 6.97. The first-order valence-electron chi connectivity index (χ1n) is 3.20. The van der Waals surface area contributed by atoms with Gasteiger partial charge >= 0.3 is 0 Å². The second-order valence-corrected chi connectivity index (χ2v) is 2.43. The van der Waals surface area contributed by atoms with Gasteiger partial charge in [-0.25, -0.2) is 0 Å². The van der Waals surface area contributed by atoms with E-state index >= 15 is 0 Å². The summed E-state index contributed by atoms with van der Waals surface area (Å²) in [5.74, 6) is 0.396. The van der Waals surface area contributed by atoms with Gasteiger partial charge in [-0.1, -0.05) is 12.1 Å². The first-order chi connectivity index (χ1) is 5.74. The number of nitriles is 1. The Balaban J connectivity index is 2.99. The predicted molar refractivity (Wildman–Crippen MR) is 48.6 cm³/mol. The number of benzene rings is 1. The Hall–Kier alpha value is -1.60. The van der Waals surface area contributed by atoms with Crippen LogP contribution in [0.5, 0.6) is 5.75 Å². The Kier molecular flexibility index (Phi) is 2.62. The van der Waals surface area contributed by atoms with Crippen LogP contribution in [0, 0.1) is 11.3 Å². The van der Waals surface area contributed by atoms with Crippen LogP contribution in [0.25, 0.3) is 0 Å². The van der Waals surface area contributed by atoms with Gasteiger partial charge in [0, 0.05) is 0 Å². The van der Waals surface area contributed by atoms with E-state index in [0.717, 1.165) is 0 Å². The summed E-state index contributed by atoms with van der Waals surface area (Å²) in [6, 6.07) is 8.72. The molecule has 0 saturated carbocycles. The lowest BCUT2D eigenvalue weighted by Crippen LogP contribution is -2.16. The maximum Gasteiger partial charge on any atom is 0.259 e. The van der Waals surface area contributed by atoms with Crippen LogP contribution in [-0.2, 0) is 0 Å². The number of ether oxygens (including phenoxy) is 1. The fourth-order valence-corrected chi connectivity index (χ4v) is 0.846. The third-order valence-corrected chi connectivity index (χ3v) is 1.30. The quantitative estimate of drug-likeness (QED) is 0.656. The highest BCUT2D eigenvalue weighted by Gasteiger charge is 2.01. The van der Waals surface area contributed by atoms with E-state index in [1.807, 2.05) is 6.07 Å². The second kappa shape index (κ2) is 3.69. The van der Waals surface area contributed by atoms with E-state index in [1.54, 1.807) is 24.3 Å². The Morgan fingerprint density at radius 3 is 2.75 bits per heavy atom. The summed E-state index contributed by atoms with van der Waals surface area (Å²) >= 11 is 4.53. The number of thiocarbonyl (C=S) groups is 1. The third kappa shape index (κ3) is 1.94. The normalized spacial score (nSPS) is 8.58. The molecule has 0 aromatic heterocycles. The van der Waals surface area contributed by atoms with Gasteiger partial charge in [0.25, 0.3) is 5.17 Å². The van der Waals surface area contributed by atoms with Crippen LogP contribution >= 0.6 is 12.2 Å². The zero-order valence-electron chi connectivity index (χ0n) is 6.15. The summed E-state index contributed by atoms with van der Waals surface area (Å²) < 4.78 is 4.92. The van der Waals surface area contributed by atoms with Crippen molar-refractivity contribution >= 4 is 17.4 Å². The van der Waals surface area contributed by atoms with Gasteiger partial charge in [-0.15, -0.1) is 0 Å². The molecule has 0 unspecified atom stereocenters. The van der Waals surface area contributed by atoms with Crippen LogP contribution in [-0.4, -0.2) is 5.17 Å². The Labute approximate surface area is 75.4 Å². The lowest BCUT2D eigenvalue weighted by atomic mass is 10.2. The fourth-order valence-electron chi connectivity index (χ4n) is 0.756. The molecule has 4 heteroatoms. The molecule has 0 saturated heterocycles. The van der Waals surface area contributed by atoms with E-state index in [0.29, 0.717) is 11.3 Å². The molecule has 2 N–H and O–H groups in total. The molecule has 1 aromatic carbocycles. The number of nitrogens with two attached hydrogens (primary N) is 1. The Bertz CT molecular complexity index is 343. The molecule has 60 valence electrons. The number of nitrogens with zero attached hydrogens (tertiary/aromatic N) is 1. The lowest BCUT2D eigenvalue weighted by molar-refractivity contribution is 0.555. The number of para-hydroxylation sites is 1. The predicted octanol–water partition coefficient (Wildman–Crippen LogP) is 1.18. The summed E-state index contributed by atoms with van der Waals surface area (Å²) in [5, 5.41) is 8.53. The van der Waals surface area contributed by atoms with Gasteiger partial charge in [-0.2, -0.15) is 5.26 Å². The van der Waals surface area contributed by atoms with Gasteiger partial charge < -0.3 is 10.5 Å². The van der Waals surface area contributed by atoms with Gasteiger partial charge in [0.15, 0.2) is 0 Å². The molecule has 0 heterocycles. The molecule has 0 aliphatic rings. The van der Waals surface area contributed by atoms with Gasteiger partial charge in [-0.3, -0.25) is 0 Å². The fraction of sp³-hybridized carbons (Fsp3) is 0. The van der Waals surface area contributed by atoms with E-state index < -0.39 is 0 Å². The minimum absolute atomic E-state index is 0.0855. The van der Waals surface area contributed by atoms with Crippen LogP contribution in [0.3, 0.4) is 0 Å². The largest absolute Gasteiger partial charge is 0.431 e. The molecule has 0 spiro atoms. The van der Waals surface area contributed by atoms with Crippen molar-refractivity contribution in [2.75, 3.05) is 0 Å². The molecule has 0 bridgehead atoms. The molecule has 0 amide bonds. The van der Waals surface area contributed by atoms with Crippen LogP contribution in [0.1, 0.15) is 5.56 Å². The molecule has 0 aliphatic heterocycles. The highest BCUT2D eigenvalue weighted by Crippen LogP contribution is 2.15. The first kappa shape index (κ1) is 8.50. The molecular weight excluding hydrogens is 172 g/mol. The highest BCUT2D eigenvalue weighted by atomic mass is 32.1. The van der Waals surface area contributed by atoms with Gasteiger partial charge in [0.2, 0.25) is 0 Å². The molecule has 1 aromatic rings. The molecule has 0 aliphatic carbocycles. The van der Waals surface area contributed by atoms with E-state index in [2.05, 4.69) is 12.2 Å². The molecule has 1 rings (SSSR count). The van der Waals surface area contributed by atoms with Gasteiger partial charge in [0.1, 0.15) is 11.8 Å². The summed E-state index contributed by atoms with van der Waals surface area (Å²) in [7, 11) is 0. The monoisotopic (exact) mass is 178 g/mol. The number of hydrogen-bond acceptors (Lipinski definition) is 3. The molecular formula is C8H6N2OS. The molecule has 0 atom stereocenters. The summed E-state index contributed by atoms with van der Waals surface area (Å²) in [5.41, 5.74) is 5.57. The topological polar surface area (TPSA) is 59.0 Å². The highest BCUT2D eigenvalue weighted by molar-refractivity contribution is 7.80. The SMILES string of the molecule is N#Cc1ccccc1OC(N)=S. The smallest absolute Gasteiger partial charge is 0.259 e. The van der Waals surface area contributed by atoms with Crippen LogP contribution in [0.2, 0.25) is 0 Å². The minimum atomic E-state index is -0.0855. The van der Waals surface area contributed by atoms with Crippen LogP contribution in [0.15, 0.2) is 24.3 Å². The number of rotatable bonds is 1. The maximum absolute atomic E-state index is 8.62. The molecule has 3 nitrogen and oxygen atoms in total. The van der Waals surface area contributed by atoms with Gasteiger partial charge in [0.05, 0.1) is 5.56 Å². The summed E-state index contributed by atoms with van der Waals surface area (Å²) in [4.78, 5) is 0. The summed E-state index contributed by atoms with van der Waals surface area (Å²) in [6.45, 7) is 0. The lowest BCUT2D eigenvalue weighted by Gasteiger charge is -2.02. The van der Waals surface area contributed by atoms with E-state index in [1.165, 1.54) is 0 Å². The standard InChI is InChI=1S/C8H6N2OS/c9-5-6-3-1-2-4-7(6)11-8(10)12/h1-4H,(H2,10,12). The van der Waals surface area contributed by atoms with Crippen molar-refractivity contribution in [2.24, 2.45) is 5.73 Å². The Morgan fingerprint density at radius 1 is 1.50 bits per heavy atom. The van der Waals surface area contributed by atoms with E-state index in [9.17, 15) is 0 Å². The summed E-state index contributed by atoms with van der Waals surface area (Å²) in [6.07, 6.45) is 0. The van der Waals surface area contributed by atoms with E-state index in [4.69, 9.17) is 15.7 Å². The minimum Gasteiger partial charge on any atom is -0.431 e. The van der Waals surface area contributed by atoms with Gasteiger partial charge in [-0.05, 0) is 24.4 Å². The zero-order chi connectivity index (χ0) is 8.97. The molecule has 0 radical (unpaired) electrons. The molecule has 12 heavy (non-hydrogen) atoms. The Morgan fingerprint density at radius 2 is 2.17 bits per heavy atom. The van der Waals surface area contributed by atoms with Crippen molar-refractivity contribution in [1.29, 1.82) is 5.26 Å². The van der Waals surface area contributed by atoms with Crippen molar-refractivity contribution in [1.82, 2.24) is 0 Å². The maximum atomic E-state index is 8.62. The third-order valence-electron chi connectivity index (χ3n) is 1.22. The second-order valence-electron chi connectivity index (χ2n) is 2.03. The average Bonchev–Trinajstić information content (AvgIpc) is 2.04. The molecule has 0 fully saturated rings. The van der Waals surface area contributed by atoms with Crippen molar-refractivity contribution in [3.8, 4) is 11.8 Å². The van der Waals surface area contributed by atoms with Crippen molar-refractivity contribution in [2.45, 2.75) is 0 Å². The van der Waals surface area contributed by atoms with Crippen molar-refractivity contribution in [3.05, 3.63) is 29.8 Å².